The number of nitrogens with one attached hydrogen (secondary N) is 1. The normalized spacial score (nSPS) is 13.7. The lowest BCUT2D eigenvalue weighted by atomic mass is 10.0. The van der Waals surface area contributed by atoms with E-state index in [1.807, 2.05) is 13.8 Å². The zero-order chi connectivity index (χ0) is 14.6. The molecular weight excluding hydrogens is 323 g/mol. The van der Waals surface area contributed by atoms with Gasteiger partial charge in [-0.1, -0.05) is 29.8 Å². The molecule has 0 radical (unpaired) electrons. The predicted octanol–water partition coefficient (Wildman–Crippen LogP) is 4.55. The number of anilines is 1. The molecule has 1 atom stereocenters. The first-order valence-electron chi connectivity index (χ1n) is 5.88. The number of rotatable bonds is 5. The highest BCUT2D eigenvalue weighted by Gasteiger charge is 2.33. The zero-order valence-corrected chi connectivity index (χ0v) is 12.6. The van der Waals surface area contributed by atoms with Crippen molar-refractivity contribution in [2.75, 3.05) is 19.0 Å². The Morgan fingerprint density at radius 1 is 1.32 bits per heavy atom. The van der Waals surface area contributed by atoms with Crippen LogP contribution in [0.3, 0.4) is 0 Å². The van der Waals surface area contributed by atoms with E-state index < -0.39 is 11.7 Å². The maximum Gasteiger partial charge on any atom is 0.417 e. The smallest absolute Gasteiger partial charge is 0.383 e. The molecule has 108 valence electrons. The van der Waals surface area contributed by atoms with Crippen LogP contribution in [0, 0.1) is 5.92 Å². The molecule has 0 spiro atoms. The monoisotopic (exact) mass is 339 g/mol. The minimum absolute atomic E-state index is 0.0349. The van der Waals surface area contributed by atoms with Gasteiger partial charge in [-0.2, -0.15) is 13.2 Å². The molecule has 2 nitrogen and oxygen atoms in total. The first-order chi connectivity index (χ1) is 8.75. The van der Waals surface area contributed by atoms with Gasteiger partial charge in [-0.05, 0) is 24.1 Å². The van der Waals surface area contributed by atoms with Gasteiger partial charge in [0, 0.05) is 17.3 Å². The van der Waals surface area contributed by atoms with Crippen LogP contribution in [0.4, 0.5) is 18.9 Å². The van der Waals surface area contributed by atoms with E-state index in [2.05, 4.69) is 21.2 Å². The van der Waals surface area contributed by atoms with Crippen molar-refractivity contribution in [3.8, 4) is 0 Å². The molecule has 0 saturated carbocycles. The highest BCUT2D eigenvalue weighted by molar-refractivity contribution is 9.10. The summed E-state index contributed by atoms with van der Waals surface area (Å²) in [6.07, 6.45) is -4.37. The molecule has 1 aromatic carbocycles. The highest BCUT2D eigenvalue weighted by atomic mass is 79.9. The maximum absolute atomic E-state index is 12.8. The lowest BCUT2D eigenvalue weighted by Crippen LogP contribution is -2.30. The van der Waals surface area contributed by atoms with Crippen LogP contribution < -0.4 is 5.32 Å². The van der Waals surface area contributed by atoms with Crippen LogP contribution in [0.5, 0.6) is 0 Å². The van der Waals surface area contributed by atoms with Gasteiger partial charge in [-0.25, -0.2) is 0 Å². The molecule has 1 unspecified atom stereocenters. The average molecular weight is 340 g/mol. The molecule has 6 heteroatoms. The van der Waals surface area contributed by atoms with E-state index in [9.17, 15) is 13.2 Å². The number of ether oxygens (including phenoxy) is 1. The standard InChI is InChI=1S/C13H17BrF3NO/c1-8(2)12(7-19-3)18-9-4-5-11(14)10(6-9)13(15,16)17/h4-6,8,12,18H,7H2,1-3H3. The first kappa shape index (κ1) is 16.3. The van der Waals surface area contributed by atoms with Crippen molar-refractivity contribution in [2.45, 2.75) is 26.1 Å². The fourth-order valence-electron chi connectivity index (χ4n) is 1.63. The van der Waals surface area contributed by atoms with Gasteiger partial charge in [-0.3, -0.25) is 0 Å². The number of methoxy groups -OCH3 is 1. The second-order valence-electron chi connectivity index (χ2n) is 4.64. The molecule has 1 rings (SSSR count). The Kier molecular flexibility index (Phi) is 5.67. The van der Waals surface area contributed by atoms with Crippen LogP contribution in [-0.4, -0.2) is 19.8 Å². The van der Waals surface area contributed by atoms with Gasteiger partial charge in [-0.15, -0.1) is 0 Å². The van der Waals surface area contributed by atoms with Gasteiger partial charge in [0.05, 0.1) is 18.2 Å². The molecule has 0 fully saturated rings. The molecule has 0 amide bonds. The second-order valence-corrected chi connectivity index (χ2v) is 5.50. The Morgan fingerprint density at radius 3 is 2.42 bits per heavy atom. The minimum atomic E-state index is -4.37. The molecule has 0 heterocycles. The molecule has 0 aliphatic carbocycles. The van der Waals surface area contributed by atoms with Crippen LogP contribution in [0.25, 0.3) is 0 Å². The minimum Gasteiger partial charge on any atom is -0.383 e. The third-order valence-electron chi connectivity index (χ3n) is 2.77. The lowest BCUT2D eigenvalue weighted by Gasteiger charge is -2.23. The van der Waals surface area contributed by atoms with Crippen molar-refractivity contribution in [1.29, 1.82) is 0 Å². The summed E-state index contributed by atoms with van der Waals surface area (Å²) in [4.78, 5) is 0. The summed E-state index contributed by atoms with van der Waals surface area (Å²) in [6.45, 7) is 4.41. The Morgan fingerprint density at radius 2 is 1.95 bits per heavy atom. The fraction of sp³-hybridized carbons (Fsp3) is 0.538. The fourth-order valence-corrected chi connectivity index (χ4v) is 2.10. The summed E-state index contributed by atoms with van der Waals surface area (Å²) in [7, 11) is 1.57. The van der Waals surface area contributed by atoms with Crippen molar-refractivity contribution < 1.29 is 17.9 Å². The molecule has 0 aliphatic rings. The van der Waals surface area contributed by atoms with Crippen molar-refractivity contribution in [1.82, 2.24) is 0 Å². The Bertz CT molecular complexity index is 421. The van der Waals surface area contributed by atoms with Crippen molar-refractivity contribution in [2.24, 2.45) is 5.92 Å². The second kappa shape index (κ2) is 6.61. The Balaban J connectivity index is 2.96. The van der Waals surface area contributed by atoms with Crippen LogP contribution in [0.15, 0.2) is 22.7 Å². The molecule has 1 N–H and O–H groups in total. The summed E-state index contributed by atoms with van der Waals surface area (Å²) >= 11 is 2.92. The first-order valence-corrected chi connectivity index (χ1v) is 6.67. The SMILES string of the molecule is COCC(Nc1ccc(Br)c(C(F)(F)F)c1)C(C)C. The Labute approximate surface area is 119 Å². The van der Waals surface area contributed by atoms with E-state index in [0.29, 0.717) is 12.3 Å². The zero-order valence-electron chi connectivity index (χ0n) is 11.0. The summed E-state index contributed by atoms with van der Waals surface area (Å²) in [5, 5.41) is 3.07. The van der Waals surface area contributed by atoms with Crippen molar-refractivity contribution in [3.63, 3.8) is 0 Å². The number of benzene rings is 1. The van der Waals surface area contributed by atoms with Gasteiger partial charge < -0.3 is 10.1 Å². The summed E-state index contributed by atoms with van der Waals surface area (Å²) < 4.78 is 43.5. The Hall–Kier alpha value is -0.750. The van der Waals surface area contributed by atoms with Crippen molar-refractivity contribution >= 4 is 21.6 Å². The maximum atomic E-state index is 12.8. The summed E-state index contributed by atoms with van der Waals surface area (Å²) in [5.41, 5.74) is -0.247. The van der Waals surface area contributed by atoms with Gasteiger partial charge in [0.25, 0.3) is 0 Å². The van der Waals surface area contributed by atoms with Gasteiger partial charge >= 0.3 is 6.18 Å². The van der Waals surface area contributed by atoms with E-state index in [0.717, 1.165) is 6.07 Å². The quantitative estimate of drug-likeness (QED) is 0.849. The van der Waals surface area contributed by atoms with Gasteiger partial charge in [0.2, 0.25) is 0 Å². The lowest BCUT2D eigenvalue weighted by molar-refractivity contribution is -0.138. The molecule has 0 bridgehead atoms. The summed E-state index contributed by atoms with van der Waals surface area (Å²) in [5.74, 6) is 0.248. The molecule has 19 heavy (non-hydrogen) atoms. The molecular formula is C13H17BrF3NO. The van der Waals surface area contributed by atoms with E-state index in [1.165, 1.54) is 6.07 Å². The van der Waals surface area contributed by atoms with E-state index in [1.54, 1.807) is 13.2 Å². The number of alkyl halides is 3. The van der Waals surface area contributed by atoms with Crippen LogP contribution in [0.2, 0.25) is 0 Å². The van der Waals surface area contributed by atoms with Crippen LogP contribution in [0.1, 0.15) is 19.4 Å². The number of hydrogen-bond donors (Lipinski definition) is 1. The highest BCUT2D eigenvalue weighted by Crippen LogP contribution is 2.36. The third-order valence-corrected chi connectivity index (χ3v) is 3.47. The van der Waals surface area contributed by atoms with Crippen LogP contribution >= 0.6 is 15.9 Å². The van der Waals surface area contributed by atoms with E-state index >= 15 is 0 Å². The number of halogens is 4. The van der Waals surface area contributed by atoms with Crippen molar-refractivity contribution in [3.05, 3.63) is 28.2 Å². The summed E-state index contributed by atoms with van der Waals surface area (Å²) in [6, 6.07) is 4.08. The number of hydrogen-bond acceptors (Lipinski definition) is 2. The third kappa shape index (κ3) is 4.69. The molecule has 0 aliphatic heterocycles. The molecule has 1 aromatic rings. The molecule has 0 saturated heterocycles. The average Bonchev–Trinajstić information content (AvgIpc) is 2.29. The van der Waals surface area contributed by atoms with E-state index in [-0.39, 0.29) is 16.4 Å². The molecule has 0 aromatic heterocycles. The van der Waals surface area contributed by atoms with Crippen LogP contribution in [-0.2, 0) is 10.9 Å². The van der Waals surface area contributed by atoms with Gasteiger partial charge in [0.1, 0.15) is 0 Å². The van der Waals surface area contributed by atoms with Gasteiger partial charge in [0.15, 0.2) is 0 Å². The van der Waals surface area contributed by atoms with E-state index in [4.69, 9.17) is 4.74 Å². The largest absolute Gasteiger partial charge is 0.417 e. The predicted molar refractivity (Wildman–Crippen MR) is 73.3 cm³/mol. The topological polar surface area (TPSA) is 21.3 Å².